The highest BCUT2D eigenvalue weighted by Crippen LogP contribution is 2.39. The Bertz CT molecular complexity index is 794. The molecule has 0 saturated carbocycles. The number of anilines is 1. The van der Waals surface area contributed by atoms with Crippen LogP contribution in [0.1, 0.15) is 41.8 Å². The summed E-state index contributed by atoms with van der Waals surface area (Å²) in [5, 5.41) is 4.39. The Morgan fingerprint density at radius 1 is 1.00 bits per heavy atom. The van der Waals surface area contributed by atoms with E-state index in [2.05, 4.69) is 45.4 Å². The molecule has 0 unspecified atom stereocenters. The van der Waals surface area contributed by atoms with E-state index in [9.17, 15) is 4.79 Å². The Morgan fingerprint density at radius 3 is 2.47 bits per heavy atom. The third kappa shape index (κ3) is 5.62. The van der Waals surface area contributed by atoms with Crippen LogP contribution in [0.4, 0.5) is 5.00 Å². The van der Waals surface area contributed by atoms with Gasteiger partial charge in [0.25, 0.3) is 5.91 Å². The highest BCUT2D eigenvalue weighted by atomic mass is 32.1. The van der Waals surface area contributed by atoms with Crippen LogP contribution < -0.4 is 10.2 Å². The Hall–Kier alpha value is -1.89. The predicted molar refractivity (Wildman–Crippen MR) is 125 cm³/mol. The number of carbonyl (C=O) groups excluding carboxylic acids is 1. The molecular formula is C24H33N3O2S. The summed E-state index contributed by atoms with van der Waals surface area (Å²) in [6.07, 6.45) is 6.05. The van der Waals surface area contributed by atoms with E-state index in [0.717, 1.165) is 57.2 Å². The first kappa shape index (κ1) is 21.3. The summed E-state index contributed by atoms with van der Waals surface area (Å²) < 4.78 is 5.40. The first-order chi connectivity index (χ1) is 14.8. The number of hydrogen-bond donors (Lipinski definition) is 1. The quantitative estimate of drug-likeness (QED) is 0.671. The van der Waals surface area contributed by atoms with E-state index in [1.165, 1.54) is 41.8 Å². The van der Waals surface area contributed by atoms with E-state index in [0.29, 0.717) is 6.54 Å². The molecule has 0 spiro atoms. The van der Waals surface area contributed by atoms with Crippen molar-refractivity contribution in [1.29, 1.82) is 0 Å². The zero-order valence-electron chi connectivity index (χ0n) is 17.8. The van der Waals surface area contributed by atoms with Crippen molar-refractivity contribution >= 4 is 22.2 Å². The molecule has 0 bridgehead atoms. The number of rotatable bonds is 7. The van der Waals surface area contributed by atoms with Gasteiger partial charge in [0.15, 0.2) is 0 Å². The number of ether oxygens (including phenoxy) is 1. The molecule has 5 nitrogen and oxygen atoms in total. The third-order valence-electron chi connectivity index (χ3n) is 5.95. The van der Waals surface area contributed by atoms with Crippen LogP contribution in [-0.4, -0.2) is 63.3 Å². The minimum absolute atomic E-state index is 0.0558. The lowest BCUT2D eigenvalue weighted by Crippen LogP contribution is -2.38. The van der Waals surface area contributed by atoms with Crippen molar-refractivity contribution in [1.82, 2.24) is 10.2 Å². The zero-order chi connectivity index (χ0) is 20.6. The number of nitrogens with one attached hydrogen (secondary N) is 1. The SMILES string of the molecule is O=C(NCCCN1CCOCC1)c1cc(-c2ccccc2)c(N2CCCCCC2)s1. The normalized spacial score (nSPS) is 18.2. The summed E-state index contributed by atoms with van der Waals surface area (Å²) in [6.45, 7) is 7.54. The van der Waals surface area contributed by atoms with Crippen molar-refractivity contribution < 1.29 is 9.53 Å². The van der Waals surface area contributed by atoms with Crippen molar-refractivity contribution in [3.05, 3.63) is 41.3 Å². The van der Waals surface area contributed by atoms with Crippen molar-refractivity contribution in [2.75, 3.05) is 57.4 Å². The van der Waals surface area contributed by atoms with E-state index in [1.54, 1.807) is 11.3 Å². The molecule has 1 N–H and O–H groups in total. The minimum atomic E-state index is 0.0558. The first-order valence-electron chi connectivity index (χ1n) is 11.3. The van der Waals surface area contributed by atoms with Gasteiger partial charge in [-0.15, -0.1) is 11.3 Å². The topological polar surface area (TPSA) is 44.8 Å². The van der Waals surface area contributed by atoms with E-state index >= 15 is 0 Å². The van der Waals surface area contributed by atoms with Crippen LogP contribution in [0.5, 0.6) is 0 Å². The van der Waals surface area contributed by atoms with E-state index in [-0.39, 0.29) is 5.91 Å². The second-order valence-electron chi connectivity index (χ2n) is 8.16. The molecule has 1 aromatic carbocycles. The lowest BCUT2D eigenvalue weighted by Gasteiger charge is -2.26. The van der Waals surface area contributed by atoms with Crippen molar-refractivity contribution in [2.45, 2.75) is 32.1 Å². The molecule has 2 aromatic rings. The smallest absolute Gasteiger partial charge is 0.261 e. The van der Waals surface area contributed by atoms with Gasteiger partial charge in [-0.05, 0) is 37.4 Å². The molecule has 1 amide bonds. The molecule has 2 saturated heterocycles. The fourth-order valence-electron chi connectivity index (χ4n) is 4.24. The maximum Gasteiger partial charge on any atom is 0.261 e. The lowest BCUT2D eigenvalue weighted by atomic mass is 10.1. The van der Waals surface area contributed by atoms with Gasteiger partial charge in [0.05, 0.1) is 23.1 Å². The molecular weight excluding hydrogens is 394 g/mol. The lowest BCUT2D eigenvalue weighted by molar-refractivity contribution is 0.0374. The minimum Gasteiger partial charge on any atom is -0.379 e. The number of hydrogen-bond acceptors (Lipinski definition) is 5. The van der Waals surface area contributed by atoms with E-state index in [4.69, 9.17) is 4.74 Å². The van der Waals surface area contributed by atoms with Crippen LogP contribution in [0.15, 0.2) is 36.4 Å². The van der Waals surface area contributed by atoms with Crippen molar-refractivity contribution in [3.63, 3.8) is 0 Å². The van der Waals surface area contributed by atoms with Crippen LogP contribution in [0.2, 0.25) is 0 Å². The first-order valence-corrected chi connectivity index (χ1v) is 12.2. The van der Waals surface area contributed by atoms with E-state index < -0.39 is 0 Å². The fraction of sp³-hybridized carbons (Fsp3) is 0.542. The zero-order valence-corrected chi connectivity index (χ0v) is 18.6. The Morgan fingerprint density at radius 2 is 1.73 bits per heavy atom. The van der Waals surface area contributed by atoms with Gasteiger partial charge in [-0.3, -0.25) is 9.69 Å². The fourth-order valence-corrected chi connectivity index (χ4v) is 5.39. The summed E-state index contributed by atoms with van der Waals surface area (Å²) in [6, 6.07) is 12.6. The maximum atomic E-state index is 12.9. The average Bonchev–Trinajstić information content (AvgIpc) is 3.06. The molecule has 1 aromatic heterocycles. The molecule has 4 rings (SSSR count). The van der Waals surface area contributed by atoms with Crippen molar-refractivity contribution in [2.24, 2.45) is 0 Å². The van der Waals surface area contributed by atoms with Crippen LogP contribution in [0, 0.1) is 0 Å². The van der Waals surface area contributed by atoms with Gasteiger partial charge >= 0.3 is 0 Å². The molecule has 0 aliphatic carbocycles. The molecule has 0 radical (unpaired) electrons. The summed E-state index contributed by atoms with van der Waals surface area (Å²) in [4.78, 5) is 18.6. The number of benzene rings is 1. The summed E-state index contributed by atoms with van der Waals surface area (Å²) in [5.74, 6) is 0.0558. The van der Waals surface area contributed by atoms with Gasteiger partial charge in [-0.25, -0.2) is 0 Å². The molecule has 6 heteroatoms. The molecule has 30 heavy (non-hydrogen) atoms. The summed E-state index contributed by atoms with van der Waals surface area (Å²) in [5.41, 5.74) is 2.39. The predicted octanol–water partition coefficient (Wildman–Crippen LogP) is 4.25. The van der Waals surface area contributed by atoms with Gasteiger partial charge in [-0.1, -0.05) is 43.2 Å². The van der Waals surface area contributed by atoms with Crippen LogP contribution in [0.25, 0.3) is 11.1 Å². The molecule has 0 atom stereocenters. The molecule has 2 aliphatic rings. The summed E-state index contributed by atoms with van der Waals surface area (Å²) >= 11 is 1.65. The number of nitrogens with zero attached hydrogens (tertiary/aromatic N) is 2. The van der Waals surface area contributed by atoms with Gasteiger partial charge < -0.3 is 15.0 Å². The largest absolute Gasteiger partial charge is 0.379 e. The molecule has 3 heterocycles. The number of morpholine rings is 1. The van der Waals surface area contributed by atoms with Crippen LogP contribution >= 0.6 is 11.3 Å². The third-order valence-corrected chi connectivity index (χ3v) is 7.15. The van der Waals surface area contributed by atoms with Crippen LogP contribution in [0.3, 0.4) is 0 Å². The van der Waals surface area contributed by atoms with Crippen LogP contribution in [-0.2, 0) is 4.74 Å². The Kier molecular flexibility index (Phi) is 7.78. The van der Waals surface area contributed by atoms with E-state index in [1.807, 2.05) is 6.07 Å². The molecule has 2 fully saturated rings. The number of thiophene rings is 1. The Balaban J connectivity index is 1.42. The molecule has 2 aliphatic heterocycles. The number of carbonyl (C=O) groups is 1. The number of amides is 1. The van der Waals surface area contributed by atoms with Crippen molar-refractivity contribution in [3.8, 4) is 11.1 Å². The van der Waals surface area contributed by atoms with Gasteiger partial charge in [0.1, 0.15) is 0 Å². The Labute approximate surface area is 184 Å². The standard InChI is InChI=1S/C24H33N3O2S/c28-23(25-11-8-12-26-15-17-29-18-16-26)22-19-21(20-9-4-3-5-10-20)24(30-22)27-13-6-1-2-7-14-27/h3-5,9-10,19H,1-2,6-8,11-18H2,(H,25,28). The molecule has 162 valence electrons. The van der Waals surface area contributed by atoms with Gasteiger partial charge in [-0.2, -0.15) is 0 Å². The maximum absolute atomic E-state index is 12.9. The second kappa shape index (κ2) is 10.9. The second-order valence-corrected chi connectivity index (χ2v) is 9.19. The summed E-state index contributed by atoms with van der Waals surface area (Å²) in [7, 11) is 0. The van der Waals surface area contributed by atoms with Gasteiger partial charge in [0, 0.05) is 38.3 Å². The average molecular weight is 428 g/mol. The van der Waals surface area contributed by atoms with Gasteiger partial charge in [0.2, 0.25) is 0 Å². The monoisotopic (exact) mass is 427 g/mol. The highest BCUT2D eigenvalue weighted by Gasteiger charge is 2.21. The highest BCUT2D eigenvalue weighted by molar-refractivity contribution is 7.18.